The number of anilines is 1. The second-order valence-corrected chi connectivity index (χ2v) is 7.65. The Balaban J connectivity index is 2.46. The van der Waals surface area contributed by atoms with Crippen molar-refractivity contribution in [2.75, 3.05) is 11.8 Å². The van der Waals surface area contributed by atoms with Crippen LogP contribution in [0.3, 0.4) is 0 Å². The van der Waals surface area contributed by atoms with Gasteiger partial charge in [-0.05, 0) is 25.1 Å². The second-order valence-electron chi connectivity index (χ2n) is 3.88. The number of ether oxygens (including phenoxy) is 1. The molecule has 2 aromatic rings. The number of nitrogens with one attached hydrogen (secondary N) is 2. The number of aromatic amines is 1. The molecule has 1 heterocycles. The van der Waals surface area contributed by atoms with Crippen molar-refractivity contribution < 1.29 is 13.2 Å². The van der Waals surface area contributed by atoms with Crippen LogP contribution in [0.2, 0.25) is 0 Å². The van der Waals surface area contributed by atoms with Crippen LogP contribution in [0.4, 0.5) is 5.69 Å². The zero-order valence-corrected chi connectivity index (χ0v) is 13.8. The summed E-state index contributed by atoms with van der Waals surface area (Å²) in [5, 5.41) is 0. The Morgan fingerprint density at radius 1 is 1.40 bits per heavy atom. The van der Waals surface area contributed by atoms with Crippen molar-refractivity contribution in [2.24, 2.45) is 0 Å². The summed E-state index contributed by atoms with van der Waals surface area (Å²) in [6, 6.07) is 4.95. The molecular weight excluding hydrogens is 368 g/mol. The molecule has 1 aromatic heterocycles. The van der Waals surface area contributed by atoms with E-state index in [0.717, 1.165) is 0 Å². The average Bonchev–Trinajstić information content (AvgIpc) is 2.69. The van der Waals surface area contributed by atoms with Gasteiger partial charge in [0.15, 0.2) is 4.21 Å². The molecule has 9 heteroatoms. The fourth-order valence-electron chi connectivity index (χ4n) is 1.60. The van der Waals surface area contributed by atoms with Crippen LogP contribution in [-0.4, -0.2) is 20.5 Å². The highest BCUT2D eigenvalue weighted by atomic mass is 79.9. The van der Waals surface area contributed by atoms with E-state index >= 15 is 0 Å². The lowest BCUT2D eigenvalue weighted by Gasteiger charge is -2.11. The summed E-state index contributed by atoms with van der Waals surface area (Å²) in [5.74, 6) is 0.386. The van der Waals surface area contributed by atoms with E-state index in [1.54, 1.807) is 18.2 Å². The highest BCUT2D eigenvalue weighted by molar-refractivity contribution is 9.10. The Morgan fingerprint density at radius 2 is 2.10 bits per heavy atom. The van der Waals surface area contributed by atoms with E-state index in [1.165, 1.54) is 14.0 Å². The molecule has 1 aromatic carbocycles. The van der Waals surface area contributed by atoms with Crippen molar-refractivity contribution in [3.05, 3.63) is 38.0 Å². The van der Waals surface area contributed by atoms with Crippen LogP contribution in [0.15, 0.2) is 31.7 Å². The molecular formula is C11H11BrN2O4S2. The summed E-state index contributed by atoms with van der Waals surface area (Å²) < 4.78 is 32.8. The quantitative estimate of drug-likeness (QED) is 0.854. The van der Waals surface area contributed by atoms with E-state index < -0.39 is 14.9 Å². The molecule has 2 N–H and O–H groups in total. The minimum Gasteiger partial charge on any atom is -0.495 e. The van der Waals surface area contributed by atoms with Crippen LogP contribution in [0, 0.1) is 6.92 Å². The monoisotopic (exact) mass is 378 g/mol. The third-order valence-corrected chi connectivity index (χ3v) is 5.89. The molecule has 0 radical (unpaired) electrons. The maximum absolute atomic E-state index is 12.3. The lowest BCUT2D eigenvalue weighted by Crippen LogP contribution is -2.13. The van der Waals surface area contributed by atoms with Gasteiger partial charge >= 0.3 is 4.87 Å². The van der Waals surface area contributed by atoms with Gasteiger partial charge in [0.25, 0.3) is 10.0 Å². The molecule has 20 heavy (non-hydrogen) atoms. The number of methoxy groups -OCH3 is 1. The van der Waals surface area contributed by atoms with Crippen LogP contribution in [0.1, 0.15) is 5.69 Å². The molecule has 108 valence electrons. The van der Waals surface area contributed by atoms with Crippen molar-refractivity contribution in [3.8, 4) is 5.75 Å². The number of thiazole rings is 1. The van der Waals surface area contributed by atoms with E-state index in [-0.39, 0.29) is 4.21 Å². The number of H-pyrrole nitrogens is 1. The van der Waals surface area contributed by atoms with Crippen LogP contribution in [-0.2, 0) is 10.0 Å². The highest BCUT2D eigenvalue weighted by Gasteiger charge is 2.22. The van der Waals surface area contributed by atoms with Crippen molar-refractivity contribution in [2.45, 2.75) is 11.1 Å². The van der Waals surface area contributed by atoms with Gasteiger partial charge in [0.1, 0.15) is 5.75 Å². The molecule has 0 amide bonds. The van der Waals surface area contributed by atoms with Gasteiger partial charge in [0.05, 0.1) is 12.8 Å². The predicted molar refractivity (Wildman–Crippen MR) is 81.2 cm³/mol. The number of rotatable bonds is 4. The normalized spacial score (nSPS) is 11.3. The van der Waals surface area contributed by atoms with Crippen molar-refractivity contribution in [3.63, 3.8) is 0 Å². The first-order chi connectivity index (χ1) is 9.33. The number of hydrogen-bond acceptors (Lipinski definition) is 5. The zero-order valence-electron chi connectivity index (χ0n) is 10.6. The first-order valence-corrected chi connectivity index (χ1v) is 8.49. The maximum atomic E-state index is 12.3. The first kappa shape index (κ1) is 15.1. The standard InChI is InChI=1S/C11H11BrN2O4S2/c1-6-10(19-11(15)13-6)20(16,17)14-8-5-7(12)3-4-9(8)18-2/h3-5,14H,1-2H3,(H,13,15). The Hall–Kier alpha value is -1.32. The van der Waals surface area contributed by atoms with Gasteiger partial charge < -0.3 is 9.72 Å². The minimum absolute atomic E-state index is 0.0375. The fraction of sp³-hybridized carbons (Fsp3) is 0.182. The van der Waals surface area contributed by atoms with Gasteiger partial charge in [0, 0.05) is 10.2 Å². The summed E-state index contributed by atoms with van der Waals surface area (Å²) in [6.45, 7) is 1.53. The van der Waals surface area contributed by atoms with Gasteiger partial charge in [-0.3, -0.25) is 9.52 Å². The van der Waals surface area contributed by atoms with Crippen LogP contribution in [0.5, 0.6) is 5.75 Å². The number of hydrogen-bond donors (Lipinski definition) is 2. The van der Waals surface area contributed by atoms with Crippen LogP contribution < -0.4 is 14.3 Å². The minimum atomic E-state index is -3.84. The molecule has 0 bridgehead atoms. The summed E-state index contributed by atoms with van der Waals surface area (Å²) in [4.78, 5) is 13.3. The molecule has 0 aliphatic heterocycles. The topological polar surface area (TPSA) is 88.3 Å². The van der Waals surface area contributed by atoms with Crippen molar-refractivity contribution in [1.29, 1.82) is 0 Å². The van der Waals surface area contributed by atoms with Gasteiger partial charge in [-0.2, -0.15) is 0 Å². The van der Waals surface area contributed by atoms with Gasteiger partial charge in [-0.1, -0.05) is 27.3 Å². The Kier molecular flexibility index (Phi) is 4.21. The first-order valence-electron chi connectivity index (χ1n) is 5.39. The lowest BCUT2D eigenvalue weighted by atomic mass is 10.3. The van der Waals surface area contributed by atoms with Crippen molar-refractivity contribution >= 4 is 43.0 Å². The van der Waals surface area contributed by atoms with E-state index in [0.29, 0.717) is 32.9 Å². The third-order valence-electron chi connectivity index (χ3n) is 2.43. The zero-order chi connectivity index (χ0) is 14.9. The van der Waals surface area contributed by atoms with E-state index in [1.807, 2.05) is 0 Å². The van der Waals surface area contributed by atoms with Crippen LogP contribution >= 0.6 is 27.3 Å². The summed E-state index contributed by atoms with van der Waals surface area (Å²) in [6.07, 6.45) is 0. The SMILES string of the molecule is COc1ccc(Br)cc1NS(=O)(=O)c1sc(=O)[nH]c1C. The molecule has 0 aliphatic carbocycles. The Morgan fingerprint density at radius 3 is 2.65 bits per heavy atom. The van der Waals surface area contributed by atoms with E-state index in [9.17, 15) is 13.2 Å². The molecule has 2 rings (SSSR count). The maximum Gasteiger partial charge on any atom is 0.306 e. The number of sulfonamides is 1. The molecule has 0 fully saturated rings. The molecule has 0 spiro atoms. The fourth-order valence-corrected chi connectivity index (χ4v) is 4.32. The molecule has 0 aliphatic rings. The number of benzene rings is 1. The molecule has 0 atom stereocenters. The lowest BCUT2D eigenvalue weighted by molar-refractivity contribution is 0.417. The van der Waals surface area contributed by atoms with E-state index in [2.05, 4.69) is 25.6 Å². The van der Waals surface area contributed by atoms with Gasteiger partial charge in [-0.15, -0.1) is 0 Å². The van der Waals surface area contributed by atoms with Gasteiger partial charge in [0.2, 0.25) is 0 Å². The Bertz CT molecular complexity index is 795. The largest absolute Gasteiger partial charge is 0.495 e. The van der Waals surface area contributed by atoms with E-state index in [4.69, 9.17) is 4.74 Å². The number of aryl methyl sites for hydroxylation is 1. The molecule has 0 saturated heterocycles. The molecule has 6 nitrogen and oxygen atoms in total. The van der Waals surface area contributed by atoms with Gasteiger partial charge in [-0.25, -0.2) is 8.42 Å². The second kappa shape index (κ2) is 5.58. The molecule has 0 unspecified atom stereocenters. The van der Waals surface area contributed by atoms with Crippen molar-refractivity contribution in [1.82, 2.24) is 4.98 Å². The number of halogens is 1. The van der Waals surface area contributed by atoms with Crippen LogP contribution in [0.25, 0.3) is 0 Å². The highest BCUT2D eigenvalue weighted by Crippen LogP contribution is 2.30. The third kappa shape index (κ3) is 3.05. The average molecular weight is 379 g/mol. The molecule has 0 saturated carbocycles. The number of aromatic nitrogens is 1. The summed E-state index contributed by atoms with van der Waals surface area (Å²) >= 11 is 3.91. The predicted octanol–water partition coefficient (Wildman–Crippen LogP) is 2.32. The Labute approximate surface area is 128 Å². The summed E-state index contributed by atoms with van der Waals surface area (Å²) in [7, 11) is -2.39. The summed E-state index contributed by atoms with van der Waals surface area (Å²) in [5.41, 5.74) is 0.601. The smallest absolute Gasteiger partial charge is 0.306 e.